The zero-order valence-electron chi connectivity index (χ0n) is 4.82. The van der Waals surface area contributed by atoms with E-state index in [1.54, 1.807) is 0 Å². The summed E-state index contributed by atoms with van der Waals surface area (Å²) in [6.07, 6.45) is 9.50. The Kier molecular flexibility index (Phi) is 5.51. The molecule has 3 radical (unpaired) electrons. The van der Waals surface area contributed by atoms with Gasteiger partial charge in [0, 0.05) is 0 Å². The van der Waals surface area contributed by atoms with E-state index in [0.717, 1.165) is 0 Å². The zero-order valence-corrected chi connectivity index (χ0v) is 8.86. The third-order valence-corrected chi connectivity index (χ3v) is 1.32. The van der Waals surface area contributed by atoms with Crippen LogP contribution in [0, 0.1) is 6.42 Å². The van der Waals surface area contributed by atoms with Crippen LogP contribution in [0.5, 0.6) is 0 Å². The van der Waals surface area contributed by atoms with Gasteiger partial charge < -0.3 is 0 Å². The summed E-state index contributed by atoms with van der Waals surface area (Å²) in [4.78, 5) is 0. The van der Waals surface area contributed by atoms with Crippen molar-refractivity contribution in [1.29, 1.82) is 0 Å². The predicted molar refractivity (Wildman–Crippen MR) is 35.9 cm³/mol. The maximum absolute atomic E-state index is 2.39. The number of hydrogen-bond donors (Lipinski definition) is 0. The molecule has 0 aromatic rings. The molecule has 1 saturated carbocycles. The van der Waals surface area contributed by atoms with Crippen molar-refractivity contribution in [3.8, 4) is 0 Å². The summed E-state index contributed by atoms with van der Waals surface area (Å²) in [6.45, 7) is 0. The monoisotopic (exact) mass is 205 g/mol. The van der Waals surface area contributed by atoms with Crippen molar-refractivity contribution in [1.82, 2.24) is 0 Å². The van der Waals surface area contributed by atoms with E-state index in [1.807, 2.05) is 0 Å². The fraction of sp³-hybridized carbons (Fsp3) is 0.833. The van der Waals surface area contributed by atoms with Crippen LogP contribution in [-0.2, 0) is 0 Å². The summed E-state index contributed by atoms with van der Waals surface area (Å²) in [5.41, 5.74) is 0. The number of hydrogen-bond acceptors (Lipinski definition) is 0. The van der Waals surface area contributed by atoms with Crippen LogP contribution in [0.4, 0.5) is 0 Å². The molecular formula is C6H13Sn. The van der Waals surface area contributed by atoms with E-state index >= 15 is 0 Å². The van der Waals surface area contributed by atoms with Gasteiger partial charge >= 0.3 is 23.9 Å². The van der Waals surface area contributed by atoms with Crippen LogP contribution in [0.15, 0.2) is 0 Å². The van der Waals surface area contributed by atoms with Crippen LogP contribution in [0.25, 0.3) is 0 Å². The van der Waals surface area contributed by atoms with E-state index in [0.29, 0.717) is 0 Å². The van der Waals surface area contributed by atoms with E-state index in [9.17, 15) is 0 Å². The van der Waals surface area contributed by atoms with Crippen molar-refractivity contribution in [2.75, 3.05) is 0 Å². The predicted octanol–water partition coefficient (Wildman–Crippen LogP) is 1.24. The summed E-state index contributed by atoms with van der Waals surface area (Å²) in [5, 5.41) is 0. The molecule has 1 aliphatic carbocycles. The molecule has 0 spiro atoms. The normalized spacial score (nSPS) is 20.6. The Hall–Kier alpha value is 0.799. The molecule has 0 nitrogen and oxygen atoms in total. The molecule has 0 bridgehead atoms. The first-order chi connectivity index (χ1) is 3.00. The zero-order chi connectivity index (χ0) is 4.24. The summed E-state index contributed by atoms with van der Waals surface area (Å²) < 4.78 is 0. The Labute approximate surface area is 62.6 Å². The van der Waals surface area contributed by atoms with Gasteiger partial charge in [0.2, 0.25) is 0 Å². The third-order valence-electron chi connectivity index (χ3n) is 1.32. The Bertz CT molecular complexity index is 19.7. The van der Waals surface area contributed by atoms with E-state index in [2.05, 4.69) is 6.42 Å². The Morgan fingerprint density at radius 2 is 1.43 bits per heavy atom. The fourth-order valence-electron chi connectivity index (χ4n) is 0.898. The molecule has 0 unspecified atom stereocenters. The Balaban J connectivity index is 0.000000360. The first-order valence-corrected chi connectivity index (χ1v) is 2.82. The minimum absolute atomic E-state index is 0. The van der Waals surface area contributed by atoms with Crippen LogP contribution < -0.4 is 0 Å². The van der Waals surface area contributed by atoms with Gasteiger partial charge in [-0.3, -0.25) is 0 Å². The van der Waals surface area contributed by atoms with Gasteiger partial charge in [0.05, 0.1) is 0 Å². The van der Waals surface area contributed by atoms with Gasteiger partial charge in [-0.25, -0.2) is 0 Å². The van der Waals surface area contributed by atoms with E-state index in [-0.39, 0.29) is 23.9 Å². The fourth-order valence-corrected chi connectivity index (χ4v) is 0.898. The molecule has 0 saturated heterocycles. The van der Waals surface area contributed by atoms with Gasteiger partial charge in [-0.1, -0.05) is 32.1 Å². The van der Waals surface area contributed by atoms with Crippen LogP contribution >= 0.6 is 0 Å². The van der Waals surface area contributed by atoms with Crippen LogP contribution in [-0.4, -0.2) is 23.9 Å². The molecular weight excluding hydrogens is 191 g/mol. The molecule has 0 amide bonds. The maximum atomic E-state index is 2.39. The molecule has 41 valence electrons. The van der Waals surface area contributed by atoms with E-state index in [1.165, 1.54) is 32.1 Å². The molecule has 0 atom stereocenters. The first kappa shape index (κ1) is 7.80. The second-order valence-corrected chi connectivity index (χ2v) is 1.93. The molecule has 0 aromatic heterocycles. The van der Waals surface area contributed by atoms with Crippen molar-refractivity contribution in [2.45, 2.75) is 32.1 Å². The Morgan fingerprint density at radius 1 is 0.857 bits per heavy atom. The molecule has 1 aliphatic rings. The Morgan fingerprint density at radius 3 is 1.57 bits per heavy atom. The first-order valence-electron chi connectivity index (χ1n) is 2.82. The van der Waals surface area contributed by atoms with Gasteiger partial charge in [0.25, 0.3) is 0 Å². The van der Waals surface area contributed by atoms with E-state index < -0.39 is 0 Å². The van der Waals surface area contributed by atoms with E-state index in [4.69, 9.17) is 0 Å². The van der Waals surface area contributed by atoms with Gasteiger partial charge in [-0.05, 0) is 6.42 Å². The van der Waals surface area contributed by atoms with Gasteiger partial charge in [-0.15, -0.1) is 0 Å². The van der Waals surface area contributed by atoms with Crippen molar-refractivity contribution in [2.24, 2.45) is 0 Å². The molecule has 7 heavy (non-hydrogen) atoms. The summed E-state index contributed by atoms with van der Waals surface area (Å²) in [5.74, 6) is 0. The molecule has 1 rings (SSSR count). The van der Waals surface area contributed by atoms with Crippen LogP contribution in [0.1, 0.15) is 32.1 Å². The second kappa shape index (κ2) is 4.95. The quantitative estimate of drug-likeness (QED) is 0.520. The summed E-state index contributed by atoms with van der Waals surface area (Å²) >= 11 is 0. The standard InChI is InChI=1S/C6H11.Sn.2H/c1-2-4-6-5-3-1;;;/h1H,2-6H2;;;. The van der Waals surface area contributed by atoms with Crippen LogP contribution in [0.2, 0.25) is 0 Å². The minimum atomic E-state index is 0. The van der Waals surface area contributed by atoms with Crippen molar-refractivity contribution in [3.05, 3.63) is 6.42 Å². The molecule has 1 fully saturated rings. The summed E-state index contributed by atoms with van der Waals surface area (Å²) in [7, 11) is 0. The van der Waals surface area contributed by atoms with Crippen molar-refractivity contribution < 1.29 is 0 Å². The topological polar surface area (TPSA) is 0 Å². The molecule has 1 heteroatoms. The SMILES string of the molecule is [CH]1CCCCC1.[SnH2]. The van der Waals surface area contributed by atoms with Crippen LogP contribution in [0.3, 0.4) is 0 Å². The molecule has 0 aromatic carbocycles. The van der Waals surface area contributed by atoms with Gasteiger partial charge in [-0.2, -0.15) is 0 Å². The van der Waals surface area contributed by atoms with Crippen molar-refractivity contribution in [3.63, 3.8) is 0 Å². The second-order valence-electron chi connectivity index (χ2n) is 1.93. The van der Waals surface area contributed by atoms with Crippen molar-refractivity contribution >= 4 is 23.9 Å². The average Bonchev–Trinajstić information content (AvgIpc) is 1.72. The molecule has 0 heterocycles. The molecule has 0 N–H and O–H groups in total. The average molecular weight is 204 g/mol. The molecule has 0 aliphatic heterocycles. The third kappa shape index (κ3) is 3.39. The number of rotatable bonds is 0. The van der Waals surface area contributed by atoms with Gasteiger partial charge in [0.1, 0.15) is 0 Å². The van der Waals surface area contributed by atoms with Gasteiger partial charge in [0.15, 0.2) is 0 Å². The summed E-state index contributed by atoms with van der Waals surface area (Å²) in [6, 6.07) is 0.